The molecular weight excluding hydrogens is 240 g/mol. The van der Waals surface area contributed by atoms with Crippen LogP contribution in [0.1, 0.15) is 71.8 Å². The van der Waals surface area contributed by atoms with Gasteiger partial charge < -0.3 is 5.11 Å². The fourth-order valence-corrected chi connectivity index (χ4v) is 3.43. The monoisotopic (exact) mass is 258 g/mol. The van der Waals surface area contributed by atoms with Crippen LogP contribution in [0.25, 0.3) is 0 Å². The molecule has 1 aromatic rings. The maximum absolute atomic E-state index is 12.0. The molecule has 3 heteroatoms. The van der Waals surface area contributed by atoms with Crippen molar-refractivity contribution in [1.82, 2.24) is 0 Å². The van der Waals surface area contributed by atoms with Crippen molar-refractivity contribution in [1.29, 1.82) is 0 Å². The standard InChI is InChI=1S/C16H18O3/c17-15-9-14(16(18)19)12-7-6-11(8-13(12)15)10-4-2-1-3-5-10/h6-8,10,14H,1-5,9H2,(H,18,19). The van der Waals surface area contributed by atoms with E-state index in [4.69, 9.17) is 5.11 Å². The number of ketones is 1. The van der Waals surface area contributed by atoms with Crippen molar-refractivity contribution in [2.24, 2.45) is 0 Å². The molecule has 0 radical (unpaired) electrons. The van der Waals surface area contributed by atoms with Crippen LogP contribution in [0.4, 0.5) is 0 Å². The zero-order valence-corrected chi connectivity index (χ0v) is 10.9. The number of carboxylic acids is 1. The predicted octanol–water partition coefficient (Wildman–Crippen LogP) is 3.49. The SMILES string of the molecule is O=C1CC(C(=O)O)c2ccc(C3CCCCC3)cc21. The Balaban J connectivity index is 1.93. The molecule has 1 atom stereocenters. The van der Waals surface area contributed by atoms with Crippen molar-refractivity contribution in [2.75, 3.05) is 0 Å². The highest BCUT2D eigenvalue weighted by atomic mass is 16.4. The molecule has 3 rings (SSSR count). The van der Waals surface area contributed by atoms with Crippen molar-refractivity contribution >= 4 is 11.8 Å². The number of Topliss-reactive ketones (excluding diaryl/α,β-unsaturated/α-hetero) is 1. The van der Waals surface area contributed by atoms with Gasteiger partial charge in [0.05, 0.1) is 5.92 Å². The minimum Gasteiger partial charge on any atom is -0.481 e. The summed E-state index contributed by atoms with van der Waals surface area (Å²) in [7, 11) is 0. The quantitative estimate of drug-likeness (QED) is 0.883. The Kier molecular flexibility index (Phi) is 3.13. The molecule has 1 N–H and O–H groups in total. The van der Waals surface area contributed by atoms with Gasteiger partial charge in [-0.2, -0.15) is 0 Å². The first kappa shape index (κ1) is 12.4. The van der Waals surface area contributed by atoms with Crippen LogP contribution in [0.3, 0.4) is 0 Å². The van der Waals surface area contributed by atoms with E-state index in [9.17, 15) is 9.59 Å². The molecule has 0 heterocycles. The number of rotatable bonds is 2. The van der Waals surface area contributed by atoms with Gasteiger partial charge >= 0.3 is 5.97 Å². The molecule has 1 fully saturated rings. The van der Waals surface area contributed by atoms with Crippen LogP contribution in [0.15, 0.2) is 18.2 Å². The van der Waals surface area contributed by atoms with Gasteiger partial charge in [0.2, 0.25) is 0 Å². The van der Waals surface area contributed by atoms with Gasteiger partial charge in [-0.15, -0.1) is 0 Å². The summed E-state index contributed by atoms with van der Waals surface area (Å²) in [5.74, 6) is -0.990. The molecular formula is C16H18O3. The van der Waals surface area contributed by atoms with Crippen LogP contribution in [-0.2, 0) is 4.79 Å². The number of carboxylic acid groups (broad SMARTS) is 1. The average Bonchev–Trinajstić information content (AvgIpc) is 2.77. The van der Waals surface area contributed by atoms with Gasteiger partial charge in [-0.25, -0.2) is 0 Å². The Bertz CT molecular complexity index is 527. The Morgan fingerprint density at radius 3 is 2.58 bits per heavy atom. The van der Waals surface area contributed by atoms with Crippen molar-refractivity contribution < 1.29 is 14.7 Å². The summed E-state index contributed by atoms with van der Waals surface area (Å²) in [5, 5.41) is 9.14. The number of hydrogen-bond donors (Lipinski definition) is 1. The lowest BCUT2D eigenvalue weighted by Gasteiger charge is -2.22. The lowest BCUT2D eigenvalue weighted by Crippen LogP contribution is -2.08. The van der Waals surface area contributed by atoms with E-state index in [2.05, 4.69) is 0 Å². The second-order valence-corrected chi connectivity index (χ2v) is 5.70. The molecule has 0 amide bonds. The van der Waals surface area contributed by atoms with Gasteiger partial charge in [-0.3, -0.25) is 9.59 Å². The highest BCUT2D eigenvalue weighted by Crippen LogP contribution is 2.38. The van der Waals surface area contributed by atoms with Crippen molar-refractivity contribution in [3.8, 4) is 0 Å². The third kappa shape index (κ3) is 2.18. The topological polar surface area (TPSA) is 54.4 Å². The number of carbonyl (C=O) groups excluding carboxylic acids is 1. The van der Waals surface area contributed by atoms with Crippen LogP contribution in [-0.4, -0.2) is 16.9 Å². The lowest BCUT2D eigenvalue weighted by molar-refractivity contribution is -0.138. The van der Waals surface area contributed by atoms with E-state index >= 15 is 0 Å². The fraction of sp³-hybridized carbons (Fsp3) is 0.500. The Morgan fingerprint density at radius 2 is 1.89 bits per heavy atom. The van der Waals surface area contributed by atoms with E-state index in [0.29, 0.717) is 17.0 Å². The number of benzene rings is 1. The molecule has 1 unspecified atom stereocenters. The summed E-state index contributed by atoms with van der Waals surface area (Å²) in [4.78, 5) is 23.1. The smallest absolute Gasteiger partial charge is 0.311 e. The minimum atomic E-state index is -0.891. The number of carbonyl (C=O) groups is 2. The molecule has 2 aliphatic rings. The Hall–Kier alpha value is -1.64. The highest BCUT2D eigenvalue weighted by molar-refractivity contribution is 6.05. The first-order chi connectivity index (χ1) is 9.16. The summed E-state index contributed by atoms with van der Waals surface area (Å²) in [6.45, 7) is 0. The van der Waals surface area contributed by atoms with Crippen molar-refractivity contribution in [3.05, 3.63) is 34.9 Å². The largest absolute Gasteiger partial charge is 0.481 e. The molecule has 3 nitrogen and oxygen atoms in total. The van der Waals surface area contributed by atoms with E-state index in [-0.39, 0.29) is 12.2 Å². The maximum atomic E-state index is 12.0. The molecule has 2 aliphatic carbocycles. The van der Waals surface area contributed by atoms with Crippen molar-refractivity contribution in [3.63, 3.8) is 0 Å². The van der Waals surface area contributed by atoms with Gasteiger partial charge in [0.25, 0.3) is 0 Å². The zero-order chi connectivity index (χ0) is 13.4. The zero-order valence-electron chi connectivity index (χ0n) is 10.9. The van der Waals surface area contributed by atoms with Crippen molar-refractivity contribution in [2.45, 2.75) is 50.4 Å². The first-order valence-corrected chi connectivity index (χ1v) is 7.06. The van der Waals surface area contributed by atoms with E-state index in [1.807, 2.05) is 18.2 Å². The normalized spacial score (nSPS) is 23.4. The molecule has 0 bridgehead atoms. The van der Waals surface area contributed by atoms with Gasteiger partial charge in [-0.1, -0.05) is 31.4 Å². The molecule has 0 aromatic heterocycles. The summed E-state index contributed by atoms with van der Waals surface area (Å²) in [6.07, 6.45) is 6.33. The van der Waals surface area contributed by atoms with Crippen LogP contribution in [0.2, 0.25) is 0 Å². The highest BCUT2D eigenvalue weighted by Gasteiger charge is 2.34. The van der Waals surface area contributed by atoms with E-state index in [1.165, 1.54) is 37.7 Å². The van der Waals surface area contributed by atoms with E-state index in [1.54, 1.807) is 0 Å². The van der Waals surface area contributed by atoms with Crippen LogP contribution >= 0.6 is 0 Å². The molecule has 0 aliphatic heterocycles. The summed E-state index contributed by atoms with van der Waals surface area (Å²) in [6, 6.07) is 5.85. The molecule has 0 saturated heterocycles. The number of hydrogen-bond acceptors (Lipinski definition) is 2. The molecule has 1 saturated carbocycles. The third-order valence-corrected chi connectivity index (χ3v) is 4.52. The van der Waals surface area contributed by atoms with Crippen LogP contribution < -0.4 is 0 Å². The molecule has 100 valence electrons. The third-order valence-electron chi connectivity index (χ3n) is 4.52. The summed E-state index contributed by atoms with van der Waals surface area (Å²) in [5.41, 5.74) is 2.57. The minimum absolute atomic E-state index is 0.0138. The predicted molar refractivity (Wildman–Crippen MR) is 71.6 cm³/mol. The maximum Gasteiger partial charge on any atom is 0.311 e. The Morgan fingerprint density at radius 1 is 1.16 bits per heavy atom. The van der Waals surface area contributed by atoms with Gasteiger partial charge in [0.15, 0.2) is 5.78 Å². The van der Waals surface area contributed by atoms with E-state index in [0.717, 1.165) is 0 Å². The molecule has 1 aromatic carbocycles. The van der Waals surface area contributed by atoms with E-state index < -0.39 is 11.9 Å². The van der Waals surface area contributed by atoms with Gasteiger partial charge in [0.1, 0.15) is 0 Å². The average molecular weight is 258 g/mol. The van der Waals surface area contributed by atoms with Crippen LogP contribution in [0, 0.1) is 0 Å². The number of fused-ring (bicyclic) bond motifs is 1. The molecule has 19 heavy (non-hydrogen) atoms. The Labute approximate surface area is 112 Å². The first-order valence-electron chi connectivity index (χ1n) is 7.06. The summed E-state index contributed by atoms with van der Waals surface area (Å²) >= 11 is 0. The number of aliphatic carboxylic acids is 1. The summed E-state index contributed by atoms with van der Waals surface area (Å²) < 4.78 is 0. The van der Waals surface area contributed by atoms with Gasteiger partial charge in [0, 0.05) is 12.0 Å². The molecule has 0 spiro atoms. The second-order valence-electron chi connectivity index (χ2n) is 5.70. The fourth-order valence-electron chi connectivity index (χ4n) is 3.43. The van der Waals surface area contributed by atoms with Gasteiger partial charge in [-0.05, 0) is 36.0 Å². The lowest BCUT2D eigenvalue weighted by atomic mass is 9.83. The van der Waals surface area contributed by atoms with Crippen LogP contribution in [0.5, 0.6) is 0 Å². The second kappa shape index (κ2) is 4.80.